The van der Waals surface area contributed by atoms with E-state index in [4.69, 9.17) is 9.47 Å². The van der Waals surface area contributed by atoms with Gasteiger partial charge in [0.25, 0.3) is 0 Å². The molecular weight excluding hydrogens is 359 g/mol. The van der Waals surface area contributed by atoms with Gasteiger partial charge in [0, 0.05) is 17.8 Å². The molecule has 2 aromatic carbocycles. The maximum atomic E-state index is 12.9. The molecule has 0 saturated carbocycles. The highest BCUT2D eigenvalue weighted by atomic mass is 19.4. The number of ether oxygens (including phenoxy) is 2. The van der Waals surface area contributed by atoms with Gasteiger partial charge in [-0.2, -0.15) is 13.2 Å². The zero-order valence-corrected chi connectivity index (χ0v) is 14.8. The maximum absolute atomic E-state index is 12.9. The lowest BCUT2D eigenvalue weighted by Crippen LogP contribution is -2.05. The summed E-state index contributed by atoms with van der Waals surface area (Å²) in [6.45, 7) is 4.67. The largest absolute Gasteiger partial charge is 0.490 e. The van der Waals surface area contributed by atoms with Crippen LogP contribution in [0.25, 0.3) is 11.0 Å². The molecule has 0 bridgehead atoms. The van der Waals surface area contributed by atoms with E-state index < -0.39 is 11.7 Å². The lowest BCUT2D eigenvalue weighted by molar-refractivity contribution is -0.137. The Morgan fingerprint density at radius 1 is 0.963 bits per heavy atom. The van der Waals surface area contributed by atoms with Crippen molar-refractivity contribution in [2.45, 2.75) is 20.0 Å². The van der Waals surface area contributed by atoms with Crippen molar-refractivity contribution in [2.24, 2.45) is 0 Å². The highest BCUT2D eigenvalue weighted by molar-refractivity contribution is 5.80. The molecule has 0 spiro atoms. The number of fused-ring (bicyclic) bond motifs is 1. The number of aromatic nitrogens is 2. The molecule has 1 aromatic heterocycles. The molecule has 0 aliphatic carbocycles. The van der Waals surface area contributed by atoms with Crippen LogP contribution < -0.4 is 14.8 Å². The molecule has 0 amide bonds. The van der Waals surface area contributed by atoms with E-state index in [1.54, 1.807) is 12.1 Å². The van der Waals surface area contributed by atoms with Gasteiger partial charge in [-0.1, -0.05) is 6.07 Å². The van der Waals surface area contributed by atoms with Gasteiger partial charge in [0.1, 0.15) is 5.82 Å². The lowest BCUT2D eigenvalue weighted by Gasteiger charge is -2.13. The Morgan fingerprint density at radius 3 is 2.26 bits per heavy atom. The Kier molecular flexibility index (Phi) is 5.34. The fourth-order valence-electron chi connectivity index (χ4n) is 2.54. The third kappa shape index (κ3) is 4.39. The Bertz CT molecular complexity index is 945. The lowest BCUT2D eigenvalue weighted by atomic mass is 10.2. The van der Waals surface area contributed by atoms with Crippen molar-refractivity contribution >= 4 is 22.5 Å². The molecule has 142 valence electrons. The average Bonchev–Trinajstić information content (AvgIpc) is 2.62. The zero-order chi connectivity index (χ0) is 19.4. The summed E-state index contributed by atoms with van der Waals surface area (Å²) >= 11 is 0. The van der Waals surface area contributed by atoms with Crippen LogP contribution in [0.3, 0.4) is 0 Å². The van der Waals surface area contributed by atoms with Crippen LogP contribution in [0.15, 0.2) is 42.6 Å². The Balaban J connectivity index is 1.93. The first-order valence-electron chi connectivity index (χ1n) is 8.41. The summed E-state index contributed by atoms with van der Waals surface area (Å²) in [5.41, 5.74) is 0.672. The molecule has 8 heteroatoms. The smallest absolute Gasteiger partial charge is 0.416 e. The molecule has 1 heterocycles. The number of nitrogens with zero attached hydrogens (tertiary/aromatic N) is 2. The quantitative estimate of drug-likeness (QED) is 0.641. The molecule has 0 fully saturated rings. The minimum atomic E-state index is -4.41. The van der Waals surface area contributed by atoms with E-state index in [0.29, 0.717) is 41.6 Å². The zero-order valence-electron chi connectivity index (χ0n) is 14.8. The van der Waals surface area contributed by atoms with Crippen LogP contribution in [0, 0.1) is 0 Å². The number of hydrogen-bond donors (Lipinski definition) is 1. The Hall–Kier alpha value is -3.03. The molecule has 1 N–H and O–H groups in total. The van der Waals surface area contributed by atoms with Crippen LogP contribution in [0.4, 0.5) is 24.7 Å². The summed E-state index contributed by atoms with van der Waals surface area (Å²) in [6, 6.07) is 8.34. The second-order valence-electron chi connectivity index (χ2n) is 5.61. The molecule has 3 rings (SSSR count). The van der Waals surface area contributed by atoms with Crippen LogP contribution >= 0.6 is 0 Å². The first-order valence-corrected chi connectivity index (χ1v) is 8.41. The predicted molar refractivity (Wildman–Crippen MR) is 96.6 cm³/mol. The van der Waals surface area contributed by atoms with Gasteiger partial charge in [0.05, 0.1) is 36.0 Å². The number of nitrogens with one attached hydrogen (secondary N) is 1. The van der Waals surface area contributed by atoms with E-state index in [0.717, 1.165) is 12.1 Å². The Labute approximate surface area is 154 Å². The summed E-state index contributed by atoms with van der Waals surface area (Å²) in [4.78, 5) is 8.73. The SMILES string of the molecule is CCOc1cc2ncc(Nc3cccc(C(F)(F)F)c3)nc2cc1OCC. The van der Waals surface area contributed by atoms with Crippen molar-refractivity contribution in [1.29, 1.82) is 0 Å². The fraction of sp³-hybridized carbons (Fsp3) is 0.263. The average molecular weight is 377 g/mol. The fourth-order valence-corrected chi connectivity index (χ4v) is 2.54. The van der Waals surface area contributed by atoms with Crippen LogP contribution in [-0.2, 0) is 6.18 Å². The molecule has 27 heavy (non-hydrogen) atoms. The minimum absolute atomic E-state index is 0.273. The van der Waals surface area contributed by atoms with E-state index in [9.17, 15) is 13.2 Å². The van der Waals surface area contributed by atoms with Gasteiger partial charge in [-0.3, -0.25) is 4.98 Å². The normalized spacial score (nSPS) is 11.4. The van der Waals surface area contributed by atoms with Crippen molar-refractivity contribution in [3.63, 3.8) is 0 Å². The van der Waals surface area contributed by atoms with Gasteiger partial charge in [-0.25, -0.2) is 4.98 Å². The van der Waals surface area contributed by atoms with Crippen LogP contribution in [-0.4, -0.2) is 23.2 Å². The number of alkyl halides is 3. The molecule has 0 atom stereocenters. The predicted octanol–water partition coefficient (Wildman–Crippen LogP) is 5.19. The van der Waals surface area contributed by atoms with E-state index in [1.807, 2.05) is 13.8 Å². The van der Waals surface area contributed by atoms with Gasteiger partial charge in [-0.05, 0) is 32.0 Å². The molecule has 0 aliphatic heterocycles. The van der Waals surface area contributed by atoms with Gasteiger partial charge in [0.15, 0.2) is 11.5 Å². The summed E-state index contributed by atoms with van der Waals surface area (Å²) in [7, 11) is 0. The van der Waals surface area contributed by atoms with Crippen LogP contribution in [0.5, 0.6) is 11.5 Å². The summed E-state index contributed by atoms with van der Waals surface area (Å²) in [5, 5.41) is 2.85. The monoisotopic (exact) mass is 377 g/mol. The van der Waals surface area contributed by atoms with E-state index in [1.165, 1.54) is 18.3 Å². The molecular formula is C19H18F3N3O2. The molecule has 0 aliphatic rings. The van der Waals surface area contributed by atoms with Gasteiger partial charge in [0.2, 0.25) is 0 Å². The third-order valence-electron chi connectivity index (χ3n) is 3.67. The number of rotatable bonds is 6. The summed E-state index contributed by atoms with van der Waals surface area (Å²) < 4.78 is 49.7. The standard InChI is InChI=1S/C19H18F3N3O2/c1-3-26-16-9-14-15(10-17(16)27-4-2)25-18(11-23-14)24-13-7-5-6-12(8-13)19(20,21)22/h5-11H,3-4H2,1-2H3,(H,24,25). The van der Waals surface area contributed by atoms with E-state index in [-0.39, 0.29) is 5.69 Å². The van der Waals surface area contributed by atoms with Crippen LogP contribution in [0.1, 0.15) is 19.4 Å². The molecule has 0 radical (unpaired) electrons. The first kappa shape index (κ1) is 18.8. The van der Waals surface area contributed by atoms with Gasteiger partial charge >= 0.3 is 6.18 Å². The number of halogens is 3. The van der Waals surface area contributed by atoms with Gasteiger partial charge < -0.3 is 14.8 Å². The second-order valence-corrected chi connectivity index (χ2v) is 5.61. The maximum Gasteiger partial charge on any atom is 0.416 e. The van der Waals surface area contributed by atoms with Gasteiger partial charge in [-0.15, -0.1) is 0 Å². The molecule has 0 saturated heterocycles. The highest BCUT2D eigenvalue weighted by Crippen LogP contribution is 2.33. The van der Waals surface area contributed by atoms with E-state index >= 15 is 0 Å². The van der Waals surface area contributed by atoms with Crippen molar-refractivity contribution in [3.8, 4) is 11.5 Å². The topological polar surface area (TPSA) is 56.3 Å². The minimum Gasteiger partial charge on any atom is -0.490 e. The highest BCUT2D eigenvalue weighted by Gasteiger charge is 2.30. The number of hydrogen-bond acceptors (Lipinski definition) is 5. The first-order chi connectivity index (χ1) is 12.9. The molecule has 5 nitrogen and oxygen atoms in total. The summed E-state index contributed by atoms with van der Waals surface area (Å²) in [6.07, 6.45) is -2.95. The Morgan fingerprint density at radius 2 is 1.63 bits per heavy atom. The van der Waals surface area contributed by atoms with Crippen molar-refractivity contribution in [1.82, 2.24) is 9.97 Å². The van der Waals surface area contributed by atoms with E-state index in [2.05, 4.69) is 15.3 Å². The molecule has 3 aromatic rings. The molecule has 0 unspecified atom stereocenters. The van der Waals surface area contributed by atoms with Crippen molar-refractivity contribution in [3.05, 3.63) is 48.2 Å². The second kappa shape index (κ2) is 7.69. The third-order valence-corrected chi connectivity index (χ3v) is 3.67. The van der Waals surface area contributed by atoms with Crippen molar-refractivity contribution < 1.29 is 22.6 Å². The number of benzene rings is 2. The number of anilines is 2. The van der Waals surface area contributed by atoms with Crippen LogP contribution in [0.2, 0.25) is 0 Å². The summed E-state index contributed by atoms with van der Waals surface area (Å²) in [5.74, 6) is 1.44. The van der Waals surface area contributed by atoms with Crippen molar-refractivity contribution in [2.75, 3.05) is 18.5 Å².